The van der Waals surface area contributed by atoms with Crippen molar-refractivity contribution in [1.29, 1.82) is 5.26 Å². The molecule has 7 nitrogen and oxygen atoms in total. The second-order valence-electron chi connectivity index (χ2n) is 6.54. The fraction of sp³-hybridized carbons (Fsp3) is 0.400. The Labute approximate surface area is 164 Å². The molecule has 0 amide bonds. The van der Waals surface area contributed by atoms with E-state index in [0.29, 0.717) is 12.8 Å². The molecule has 0 saturated heterocycles. The van der Waals surface area contributed by atoms with Crippen molar-refractivity contribution in [3.63, 3.8) is 0 Å². The first kappa shape index (κ1) is 20.5. The van der Waals surface area contributed by atoms with Crippen LogP contribution in [0, 0.1) is 23.0 Å². The molecule has 0 spiro atoms. The second kappa shape index (κ2) is 7.99. The van der Waals surface area contributed by atoms with Crippen LogP contribution < -0.4 is 5.43 Å². The molecular weight excluding hydrogens is 386 g/mol. The van der Waals surface area contributed by atoms with E-state index in [0.717, 1.165) is 6.07 Å². The highest BCUT2D eigenvalue weighted by atomic mass is 19.1. The molecule has 9 heteroatoms. The number of hydrogen-bond donors (Lipinski definition) is 0. The number of rotatable bonds is 6. The van der Waals surface area contributed by atoms with Crippen LogP contribution in [0.25, 0.3) is 10.9 Å². The first-order chi connectivity index (χ1) is 13.8. The van der Waals surface area contributed by atoms with E-state index in [1.54, 1.807) is 6.07 Å². The number of carbonyl (C=O) groups excluding carboxylic acids is 2. The number of esters is 2. The number of ether oxygens (including phenoxy) is 2. The molecule has 1 aromatic carbocycles. The van der Waals surface area contributed by atoms with Gasteiger partial charge in [0.2, 0.25) is 5.43 Å². The van der Waals surface area contributed by atoms with Crippen LogP contribution in [0.5, 0.6) is 0 Å². The summed E-state index contributed by atoms with van der Waals surface area (Å²) >= 11 is 0. The van der Waals surface area contributed by atoms with E-state index in [9.17, 15) is 24.0 Å². The number of nitriles is 1. The van der Waals surface area contributed by atoms with Crippen LogP contribution in [-0.2, 0) is 19.1 Å². The first-order valence-corrected chi connectivity index (χ1v) is 9.15. The van der Waals surface area contributed by atoms with Gasteiger partial charge in [0.1, 0.15) is 17.4 Å². The molecule has 0 N–H and O–H groups in total. The minimum absolute atomic E-state index is 0.107. The summed E-state index contributed by atoms with van der Waals surface area (Å²) in [5, 5.41) is 8.84. The molecule has 2 aromatic rings. The van der Waals surface area contributed by atoms with Gasteiger partial charge in [0.05, 0.1) is 29.7 Å². The Hall–Kier alpha value is -3.28. The third-order valence-electron chi connectivity index (χ3n) is 4.64. The summed E-state index contributed by atoms with van der Waals surface area (Å²) in [6.45, 7) is 2.76. The number of nitrogens with zero attached hydrogens (tertiary/aromatic N) is 2. The van der Waals surface area contributed by atoms with Crippen LogP contribution in [0.4, 0.5) is 8.78 Å². The van der Waals surface area contributed by atoms with Crippen molar-refractivity contribution >= 4 is 22.8 Å². The zero-order valence-electron chi connectivity index (χ0n) is 15.8. The Kier molecular flexibility index (Phi) is 5.64. The van der Waals surface area contributed by atoms with Gasteiger partial charge in [-0.1, -0.05) is 0 Å². The smallest absolute Gasteiger partial charge is 0.325 e. The van der Waals surface area contributed by atoms with E-state index in [2.05, 4.69) is 0 Å². The summed E-state index contributed by atoms with van der Waals surface area (Å²) < 4.78 is 41.5. The van der Waals surface area contributed by atoms with Gasteiger partial charge in [-0.2, -0.15) is 5.26 Å². The highest BCUT2D eigenvalue weighted by molar-refractivity contribution is 6.02. The maximum Gasteiger partial charge on any atom is 0.325 e. The SMILES string of the molecule is CCOC(=O)C(C(=O)OCC)c1c(F)cc2c(=O)c(C#N)cn(C3CC3)c2c1F. The van der Waals surface area contributed by atoms with Gasteiger partial charge in [-0.3, -0.25) is 14.4 Å². The Balaban J connectivity index is 2.34. The zero-order valence-corrected chi connectivity index (χ0v) is 15.8. The van der Waals surface area contributed by atoms with Gasteiger partial charge < -0.3 is 14.0 Å². The quantitative estimate of drug-likeness (QED) is 0.542. The molecule has 0 aliphatic heterocycles. The summed E-state index contributed by atoms with van der Waals surface area (Å²) in [5.74, 6) is -6.78. The Morgan fingerprint density at radius 1 is 1.24 bits per heavy atom. The lowest BCUT2D eigenvalue weighted by Gasteiger charge is -2.19. The van der Waals surface area contributed by atoms with Crippen LogP contribution in [0.15, 0.2) is 17.1 Å². The number of halogens is 2. The number of fused-ring (bicyclic) bond motifs is 1. The van der Waals surface area contributed by atoms with Crippen molar-refractivity contribution in [3.05, 3.63) is 45.2 Å². The molecule has 1 heterocycles. The summed E-state index contributed by atoms with van der Waals surface area (Å²) in [7, 11) is 0. The van der Waals surface area contributed by atoms with E-state index in [1.807, 2.05) is 0 Å². The molecule has 1 saturated carbocycles. The zero-order chi connectivity index (χ0) is 21.3. The van der Waals surface area contributed by atoms with Crippen molar-refractivity contribution in [2.75, 3.05) is 13.2 Å². The van der Waals surface area contributed by atoms with Crippen molar-refractivity contribution in [3.8, 4) is 6.07 Å². The van der Waals surface area contributed by atoms with Crippen LogP contribution in [-0.4, -0.2) is 29.7 Å². The average Bonchev–Trinajstić information content (AvgIpc) is 3.51. The molecule has 0 unspecified atom stereocenters. The third-order valence-corrected chi connectivity index (χ3v) is 4.64. The molecule has 1 aromatic heterocycles. The highest BCUT2D eigenvalue weighted by Gasteiger charge is 2.38. The first-order valence-electron chi connectivity index (χ1n) is 9.15. The number of carbonyl (C=O) groups is 2. The van der Waals surface area contributed by atoms with E-state index in [4.69, 9.17) is 9.47 Å². The van der Waals surface area contributed by atoms with E-state index >= 15 is 4.39 Å². The lowest BCUT2D eigenvalue weighted by Crippen LogP contribution is -2.28. The highest BCUT2D eigenvalue weighted by Crippen LogP contribution is 2.39. The standard InChI is InChI=1S/C20H18F2N2O5/c1-3-28-19(26)15(20(27)29-4-2)14-13(21)7-12-17(16(14)22)24(11-5-6-11)9-10(8-23)18(12)25/h7,9,11,15H,3-6H2,1-2H3. The van der Waals surface area contributed by atoms with Gasteiger partial charge in [-0.05, 0) is 32.8 Å². The molecule has 0 atom stereocenters. The van der Waals surface area contributed by atoms with Gasteiger partial charge in [0, 0.05) is 12.2 Å². The number of benzene rings is 1. The molecule has 1 aliphatic carbocycles. The lowest BCUT2D eigenvalue weighted by atomic mass is 9.95. The predicted molar refractivity (Wildman–Crippen MR) is 97.1 cm³/mol. The van der Waals surface area contributed by atoms with E-state index < -0.39 is 40.5 Å². The van der Waals surface area contributed by atoms with E-state index in [-0.39, 0.29) is 35.7 Å². The monoisotopic (exact) mass is 404 g/mol. The summed E-state index contributed by atoms with van der Waals surface area (Å²) in [6.07, 6.45) is 2.60. The Bertz CT molecular complexity index is 1080. The largest absolute Gasteiger partial charge is 0.465 e. The van der Waals surface area contributed by atoms with E-state index in [1.165, 1.54) is 24.6 Å². The van der Waals surface area contributed by atoms with Crippen LogP contribution in [0.2, 0.25) is 0 Å². The molecule has 1 fully saturated rings. The fourth-order valence-electron chi connectivity index (χ4n) is 3.22. The van der Waals surface area contributed by atoms with Crippen LogP contribution in [0.1, 0.15) is 49.8 Å². The molecule has 0 bridgehead atoms. The molecule has 29 heavy (non-hydrogen) atoms. The normalized spacial score (nSPS) is 13.4. The molecule has 152 valence electrons. The average molecular weight is 404 g/mol. The maximum atomic E-state index is 15.5. The van der Waals surface area contributed by atoms with Crippen molar-refractivity contribution in [2.45, 2.75) is 38.6 Å². The summed E-state index contributed by atoms with van der Waals surface area (Å²) in [5.41, 5.74) is -2.17. The van der Waals surface area contributed by atoms with Gasteiger partial charge in [0.15, 0.2) is 11.7 Å². The Morgan fingerprint density at radius 2 is 1.83 bits per heavy atom. The van der Waals surface area contributed by atoms with Crippen LogP contribution >= 0.6 is 0 Å². The summed E-state index contributed by atoms with van der Waals surface area (Å²) in [6, 6.07) is 2.32. The summed E-state index contributed by atoms with van der Waals surface area (Å²) in [4.78, 5) is 37.1. The van der Waals surface area contributed by atoms with Gasteiger partial charge in [0.25, 0.3) is 0 Å². The third kappa shape index (κ3) is 3.58. The second-order valence-corrected chi connectivity index (χ2v) is 6.54. The topological polar surface area (TPSA) is 98.4 Å². The lowest BCUT2D eigenvalue weighted by molar-refractivity contribution is -0.157. The van der Waals surface area contributed by atoms with Crippen molar-refractivity contribution in [2.24, 2.45) is 0 Å². The number of pyridine rings is 1. The molecule has 1 aliphatic rings. The minimum atomic E-state index is -1.97. The maximum absolute atomic E-state index is 15.5. The van der Waals surface area contributed by atoms with Crippen LogP contribution in [0.3, 0.4) is 0 Å². The fourth-order valence-corrected chi connectivity index (χ4v) is 3.22. The van der Waals surface area contributed by atoms with Gasteiger partial charge in [-0.15, -0.1) is 0 Å². The number of hydrogen-bond acceptors (Lipinski definition) is 6. The van der Waals surface area contributed by atoms with Gasteiger partial charge >= 0.3 is 11.9 Å². The van der Waals surface area contributed by atoms with Crippen molar-refractivity contribution < 1.29 is 27.8 Å². The molecular formula is C20H18F2N2O5. The number of aromatic nitrogens is 1. The van der Waals surface area contributed by atoms with Gasteiger partial charge in [-0.25, -0.2) is 8.78 Å². The Morgan fingerprint density at radius 3 is 2.31 bits per heavy atom. The molecule has 3 rings (SSSR count). The predicted octanol–water partition coefficient (Wildman–Crippen LogP) is 2.70. The van der Waals surface area contributed by atoms with Crippen molar-refractivity contribution in [1.82, 2.24) is 4.57 Å². The minimum Gasteiger partial charge on any atom is -0.465 e. The molecule has 0 radical (unpaired) electrons.